The molecule has 1 aliphatic heterocycles. The minimum atomic E-state index is -1.02. The Balaban J connectivity index is 0.697. The average Bonchev–Trinajstić information content (AvgIpc) is 3.96. The number of rotatable bonds is 24. The molecule has 66 heavy (non-hydrogen) atoms. The van der Waals surface area contributed by atoms with Crippen molar-refractivity contribution < 1.29 is 43.2 Å². The van der Waals surface area contributed by atoms with E-state index in [2.05, 4.69) is 39.7 Å². The number of aromatic amines is 1. The zero-order valence-electron chi connectivity index (χ0n) is 36.8. The molecule has 0 radical (unpaired) electrons. The highest BCUT2D eigenvalue weighted by atomic mass is 35.5. The number of nitrogens with zero attached hydrogens (tertiary/aromatic N) is 4. The number of carboxylic acids is 1. The Labute approximate surface area is 395 Å². The van der Waals surface area contributed by atoms with Crippen LogP contribution in [0.1, 0.15) is 62.5 Å². The van der Waals surface area contributed by atoms with Crippen molar-refractivity contribution in [3.05, 3.63) is 116 Å². The Morgan fingerprint density at radius 3 is 2.12 bits per heavy atom. The first-order valence-corrected chi connectivity index (χ1v) is 23.0. The van der Waals surface area contributed by atoms with Gasteiger partial charge in [0.1, 0.15) is 29.2 Å². The molecule has 0 saturated carbocycles. The number of ether oxygens (including phenoxy) is 5. The Hall–Kier alpha value is -5.66. The molecular weight excluding hydrogens is 910 g/mol. The maximum absolute atomic E-state index is 13.2. The lowest BCUT2D eigenvalue weighted by molar-refractivity contribution is -0.123. The van der Waals surface area contributed by atoms with Gasteiger partial charge in [-0.3, -0.25) is 19.1 Å². The first-order chi connectivity index (χ1) is 32.0. The molecule has 16 nitrogen and oxygen atoms in total. The molecule has 0 aliphatic carbocycles. The van der Waals surface area contributed by atoms with Gasteiger partial charge in [-0.15, -0.1) is 21.5 Å². The minimum Gasteiger partial charge on any atom is -0.492 e. The molecule has 3 aromatic heterocycles. The average molecular weight is 961 g/mol. The van der Waals surface area contributed by atoms with Crippen LogP contribution in [0.4, 0.5) is 0 Å². The lowest BCUT2D eigenvalue weighted by Gasteiger charge is -2.13. The summed E-state index contributed by atoms with van der Waals surface area (Å²) in [5, 5.41) is 26.7. The van der Waals surface area contributed by atoms with Crippen molar-refractivity contribution in [2.75, 3.05) is 72.6 Å². The highest BCUT2D eigenvalue weighted by Crippen LogP contribution is 2.40. The number of nitrogens with one attached hydrogen (secondary N) is 3. The Morgan fingerprint density at radius 1 is 0.788 bits per heavy atom. The quantitative estimate of drug-likeness (QED) is 0.0439. The van der Waals surface area contributed by atoms with Crippen LogP contribution in [-0.2, 0) is 28.5 Å². The van der Waals surface area contributed by atoms with Crippen molar-refractivity contribution in [1.29, 1.82) is 0 Å². The van der Waals surface area contributed by atoms with E-state index in [0.717, 1.165) is 38.8 Å². The van der Waals surface area contributed by atoms with E-state index in [4.69, 9.17) is 51.9 Å². The number of carboxylic acid groups (broad SMARTS) is 1. The second-order valence-corrected chi connectivity index (χ2v) is 17.3. The van der Waals surface area contributed by atoms with Gasteiger partial charge in [-0.1, -0.05) is 47.5 Å². The number of halogens is 2. The van der Waals surface area contributed by atoms with Gasteiger partial charge in [0.2, 0.25) is 11.8 Å². The predicted octanol–water partition coefficient (Wildman–Crippen LogP) is 7.46. The Bertz CT molecular complexity index is 2660. The number of H-pyrrole nitrogens is 1. The van der Waals surface area contributed by atoms with Crippen molar-refractivity contribution in [2.24, 2.45) is 4.99 Å². The van der Waals surface area contributed by atoms with Gasteiger partial charge in [0.25, 0.3) is 0 Å². The van der Waals surface area contributed by atoms with Crippen molar-refractivity contribution in [3.63, 3.8) is 0 Å². The fourth-order valence-corrected chi connectivity index (χ4v) is 8.90. The molecule has 3 aromatic carbocycles. The zero-order chi connectivity index (χ0) is 46.6. The summed E-state index contributed by atoms with van der Waals surface area (Å²) in [6.07, 6.45) is 1.75. The van der Waals surface area contributed by atoms with Gasteiger partial charge in [0.15, 0.2) is 5.82 Å². The van der Waals surface area contributed by atoms with Gasteiger partial charge in [0, 0.05) is 56.7 Å². The molecular formula is C47H51Cl2N7O9S. The lowest BCUT2D eigenvalue weighted by Crippen LogP contribution is -2.29. The number of aromatic nitrogens is 4. The molecule has 0 spiro atoms. The monoisotopic (exact) mass is 959 g/mol. The summed E-state index contributed by atoms with van der Waals surface area (Å²) >= 11 is 14.4. The van der Waals surface area contributed by atoms with Crippen molar-refractivity contribution in [3.8, 4) is 21.9 Å². The van der Waals surface area contributed by atoms with Crippen LogP contribution in [0.5, 0.6) is 5.75 Å². The van der Waals surface area contributed by atoms with Crippen molar-refractivity contribution in [1.82, 2.24) is 30.4 Å². The van der Waals surface area contributed by atoms with E-state index in [1.165, 1.54) is 11.1 Å². The van der Waals surface area contributed by atoms with E-state index in [9.17, 15) is 19.5 Å². The summed E-state index contributed by atoms with van der Waals surface area (Å²) in [4.78, 5) is 46.2. The third kappa shape index (κ3) is 12.2. The highest BCUT2D eigenvalue weighted by Gasteiger charge is 2.32. The van der Waals surface area contributed by atoms with Gasteiger partial charge >= 0.3 is 5.97 Å². The SMILES string of the molecule is Cc1sc2c(c1C)C(c1ccc(Cl)cc1)=NC(CC(=O)NCCOCCOCCOCCOCCC(=O)NCCOc1ccc(-c3cc4c(C(=O)O)c[nH]c4cc3Cl)cc1)c1nnc(C)n1-2. The Kier molecular flexibility index (Phi) is 17.0. The number of carbonyl (C=O) groups is 3. The summed E-state index contributed by atoms with van der Waals surface area (Å²) < 4.78 is 30.1. The number of thiophene rings is 1. The van der Waals surface area contributed by atoms with E-state index in [1.54, 1.807) is 35.6 Å². The number of hydrogen-bond donors (Lipinski definition) is 4. The topological polar surface area (TPSA) is 201 Å². The van der Waals surface area contributed by atoms with Crippen LogP contribution in [0.3, 0.4) is 0 Å². The standard InChI is InChI=1S/C47H51Cl2N7O9S/c1-28-29(2)66-46-43(28)44(32-4-8-33(48)9-5-32)53-40(45-55-54-30(3)56(45)46)26-42(58)51-13-16-62-19-21-64-23-22-63-20-18-61-15-12-41(57)50-14-17-65-34-10-6-31(7-11-34)35-24-36-37(47(59)60)27-52-39(36)25-38(35)49/h4-11,24-25,27,40,52H,12-23,26H2,1-3H3,(H,50,57)(H,51,58)(H,59,60). The van der Waals surface area contributed by atoms with Crippen LogP contribution in [-0.4, -0.2) is 121 Å². The maximum Gasteiger partial charge on any atom is 0.337 e. The molecule has 4 heterocycles. The van der Waals surface area contributed by atoms with Crippen LogP contribution in [0, 0.1) is 20.8 Å². The van der Waals surface area contributed by atoms with Gasteiger partial charge in [0.05, 0.1) is 82.1 Å². The van der Waals surface area contributed by atoms with Crippen LogP contribution in [0.2, 0.25) is 10.0 Å². The summed E-state index contributed by atoms with van der Waals surface area (Å²) in [5.41, 5.74) is 6.19. The number of aromatic carboxylic acids is 1. The third-order valence-corrected chi connectivity index (χ3v) is 12.5. The molecule has 6 aromatic rings. The van der Waals surface area contributed by atoms with Crippen LogP contribution in [0.25, 0.3) is 27.0 Å². The lowest BCUT2D eigenvalue weighted by atomic mass is 9.99. The maximum atomic E-state index is 13.2. The number of aliphatic imine (C=N–C) groups is 1. The fraction of sp³-hybridized carbons (Fsp3) is 0.362. The number of aryl methyl sites for hydroxylation is 2. The van der Waals surface area contributed by atoms with E-state index in [0.29, 0.717) is 97.4 Å². The van der Waals surface area contributed by atoms with Crippen LogP contribution >= 0.6 is 34.5 Å². The largest absolute Gasteiger partial charge is 0.492 e. The molecule has 348 valence electrons. The third-order valence-electron chi connectivity index (χ3n) is 10.8. The van der Waals surface area contributed by atoms with Crippen LogP contribution < -0.4 is 15.4 Å². The second kappa shape index (κ2) is 23.2. The molecule has 0 fully saturated rings. The predicted molar refractivity (Wildman–Crippen MR) is 253 cm³/mol. The molecule has 1 unspecified atom stereocenters. The molecule has 4 N–H and O–H groups in total. The molecule has 2 amide bonds. The number of fused-ring (bicyclic) bond motifs is 4. The summed E-state index contributed by atoms with van der Waals surface area (Å²) in [6.45, 7) is 9.83. The van der Waals surface area contributed by atoms with Gasteiger partial charge < -0.3 is 44.4 Å². The first kappa shape index (κ1) is 48.3. The smallest absolute Gasteiger partial charge is 0.337 e. The molecule has 19 heteroatoms. The number of hydrogen-bond acceptors (Lipinski definition) is 12. The molecule has 7 rings (SSSR count). The van der Waals surface area contributed by atoms with Gasteiger partial charge in [-0.05, 0) is 68.3 Å². The molecule has 1 aliphatic rings. The van der Waals surface area contributed by atoms with E-state index in [-0.39, 0.29) is 43.4 Å². The van der Waals surface area contributed by atoms with Gasteiger partial charge in [-0.25, -0.2) is 4.79 Å². The molecule has 0 bridgehead atoms. The fourth-order valence-electron chi connectivity index (χ4n) is 7.29. The van der Waals surface area contributed by atoms with E-state index < -0.39 is 12.0 Å². The van der Waals surface area contributed by atoms with E-state index >= 15 is 0 Å². The van der Waals surface area contributed by atoms with Crippen LogP contribution in [0.15, 0.2) is 71.9 Å². The second-order valence-electron chi connectivity index (χ2n) is 15.3. The highest BCUT2D eigenvalue weighted by molar-refractivity contribution is 7.15. The normalized spacial score (nSPS) is 13.2. The number of benzene rings is 3. The van der Waals surface area contributed by atoms with Crippen molar-refractivity contribution >= 4 is 68.9 Å². The summed E-state index contributed by atoms with van der Waals surface area (Å²) in [5.74, 6) is 0.629. The van der Waals surface area contributed by atoms with E-state index in [1.807, 2.05) is 47.9 Å². The molecule has 0 saturated heterocycles. The number of amides is 2. The Morgan fingerprint density at radius 2 is 1.42 bits per heavy atom. The van der Waals surface area contributed by atoms with Gasteiger partial charge in [-0.2, -0.15) is 0 Å². The minimum absolute atomic E-state index is 0.0919. The summed E-state index contributed by atoms with van der Waals surface area (Å²) in [6, 6.07) is 17.8. The summed E-state index contributed by atoms with van der Waals surface area (Å²) in [7, 11) is 0. The van der Waals surface area contributed by atoms with Crippen molar-refractivity contribution in [2.45, 2.75) is 39.7 Å². The molecule has 1 atom stereocenters. The first-order valence-electron chi connectivity index (χ1n) is 21.5. The number of carbonyl (C=O) groups excluding carboxylic acids is 2. The zero-order valence-corrected chi connectivity index (χ0v) is 39.1.